The van der Waals surface area contributed by atoms with Crippen molar-refractivity contribution in [3.63, 3.8) is 0 Å². The molecule has 3 aliphatic heterocycles. The monoisotopic (exact) mass is 633 g/mol. The molecule has 3 atom stereocenters. The zero-order chi connectivity index (χ0) is 31.0. The molecule has 10 heteroatoms. The number of hydrogen-bond donors (Lipinski definition) is 2. The average molecular weight is 634 g/mol. The number of aromatic nitrogens is 2. The molecule has 2 N–H and O–H groups in total. The number of nitrogens with zero attached hydrogens (tertiary/aromatic N) is 3. The van der Waals surface area contributed by atoms with Crippen LogP contribution in [0.1, 0.15) is 57.8 Å². The van der Waals surface area contributed by atoms with Crippen molar-refractivity contribution in [2.45, 2.75) is 70.0 Å². The number of benzene rings is 2. The van der Waals surface area contributed by atoms with Crippen LogP contribution in [-0.4, -0.2) is 59.7 Å². The second-order valence-electron chi connectivity index (χ2n) is 13.6. The van der Waals surface area contributed by atoms with E-state index in [-0.39, 0.29) is 10.9 Å². The molecule has 3 unspecified atom stereocenters. The van der Waals surface area contributed by atoms with Crippen molar-refractivity contribution in [3.05, 3.63) is 59.7 Å². The number of amides is 1. The largest absolute Gasteiger partial charge is 0.491 e. The first-order valence-corrected chi connectivity index (χ1v) is 16.7. The van der Waals surface area contributed by atoms with Crippen molar-refractivity contribution in [1.82, 2.24) is 14.9 Å². The standard InChI is InChI=1S/C35H41ClFN5O3/c1-42-12-10-35(11-13-42)19-22(20-35)9-14-44-32-18-29-26(34(39-21-38-29)40-24-5-7-28(37)27(36)16-24)17-30(32)41-33(43)4-2-3-23-15-25-6-8-31(23)45-25/h2,4-5,7,16-18,21-23,25,31H,3,6,8-15,19-20H2,1H3,(H,41,43)(H,38,39,40)/b4-2+. The molecule has 1 amide bonds. The number of likely N-dealkylation sites (tertiary alicyclic amines) is 1. The van der Waals surface area contributed by atoms with Crippen LogP contribution in [0.2, 0.25) is 5.02 Å². The van der Waals surface area contributed by atoms with Crippen LogP contribution < -0.4 is 15.4 Å². The zero-order valence-electron chi connectivity index (χ0n) is 25.7. The maximum atomic E-state index is 13.8. The minimum Gasteiger partial charge on any atom is -0.491 e. The highest BCUT2D eigenvalue weighted by atomic mass is 35.5. The van der Waals surface area contributed by atoms with E-state index in [9.17, 15) is 9.18 Å². The lowest BCUT2D eigenvalue weighted by Gasteiger charge is -2.52. The number of carbonyl (C=O) groups excluding carboxylic acids is 1. The van der Waals surface area contributed by atoms with E-state index in [2.05, 4.69) is 32.5 Å². The van der Waals surface area contributed by atoms with Gasteiger partial charge in [-0.2, -0.15) is 0 Å². The molecule has 1 spiro atoms. The molecule has 2 aromatic carbocycles. The molecule has 4 aliphatic rings. The lowest BCUT2D eigenvalue weighted by Crippen LogP contribution is -2.46. The van der Waals surface area contributed by atoms with E-state index >= 15 is 0 Å². The molecule has 4 fully saturated rings. The number of rotatable bonds is 10. The van der Waals surface area contributed by atoms with Gasteiger partial charge in [0.15, 0.2) is 0 Å². The third kappa shape index (κ3) is 6.81. The summed E-state index contributed by atoms with van der Waals surface area (Å²) in [6.45, 7) is 2.96. The smallest absolute Gasteiger partial charge is 0.248 e. The van der Waals surface area contributed by atoms with E-state index < -0.39 is 5.82 Å². The topological polar surface area (TPSA) is 88.6 Å². The fraction of sp³-hybridized carbons (Fsp3) is 0.514. The van der Waals surface area contributed by atoms with Gasteiger partial charge >= 0.3 is 0 Å². The van der Waals surface area contributed by atoms with E-state index in [1.165, 1.54) is 57.2 Å². The number of anilines is 3. The molecule has 7 rings (SSSR count). The Morgan fingerprint density at radius 1 is 1.20 bits per heavy atom. The van der Waals surface area contributed by atoms with Gasteiger partial charge in [0.1, 0.15) is 23.7 Å². The van der Waals surface area contributed by atoms with Crippen molar-refractivity contribution in [2.24, 2.45) is 17.3 Å². The first kappa shape index (κ1) is 30.4. The van der Waals surface area contributed by atoms with Crippen molar-refractivity contribution in [3.8, 4) is 5.75 Å². The number of piperidine rings is 1. The van der Waals surface area contributed by atoms with Gasteiger partial charge in [-0.1, -0.05) is 17.7 Å². The molecule has 238 valence electrons. The maximum absolute atomic E-state index is 13.8. The summed E-state index contributed by atoms with van der Waals surface area (Å²) in [6, 6.07) is 8.09. The minimum atomic E-state index is -0.494. The van der Waals surface area contributed by atoms with Crippen molar-refractivity contribution >= 4 is 45.6 Å². The summed E-state index contributed by atoms with van der Waals surface area (Å²) in [5.41, 5.74) is 2.33. The molecule has 1 aromatic heterocycles. The Kier molecular flexibility index (Phi) is 8.68. The first-order valence-electron chi connectivity index (χ1n) is 16.3. The van der Waals surface area contributed by atoms with Crippen LogP contribution >= 0.6 is 11.6 Å². The Labute approximate surface area is 268 Å². The normalized spacial score (nSPS) is 24.4. The summed E-state index contributed by atoms with van der Waals surface area (Å²) in [7, 11) is 2.21. The summed E-state index contributed by atoms with van der Waals surface area (Å²) in [4.78, 5) is 24.5. The van der Waals surface area contributed by atoms with Gasteiger partial charge in [0.25, 0.3) is 0 Å². The molecule has 1 saturated carbocycles. The molecule has 8 nitrogen and oxygen atoms in total. The van der Waals surface area contributed by atoms with Gasteiger partial charge in [0.2, 0.25) is 5.91 Å². The number of hydrogen-bond acceptors (Lipinski definition) is 7. The fourth-order valence-corrected chi connectivity index (χ4v) is 8.01. The van der Waals surface area contributed by atoms with Crippen molar-refractivity contribution in [2.75, 3.05) is 37.4 Å². The van der Waals surface area contributed by atoms with Gasteiger partial charge in [-0.25, -0.2) is 14.4 Å². The predicted molar refractivity (Wildman–Crippen MR) is 175 cm³/mol. The lowest BCUT2D eigenvalue weighted by molar-refractivity contribution is -0.111. The summed E-state index contributed by atoms with van der Waals surface area (Å²) >= 11 is 6.01. The maximum Gasteiger partial charge on any atom is 0.248 e. The Morgan fingerprint density at radius 2 is 2.04 bits per heavy atom. The summed E-state index contributed by atoms with van der Waals surface area (Å²) in [5.74, 6) is 1.53. The van der Waals surface area contributed by atoms with E-state index in [0.29, 0.717) is 69.9 Å². The molecule has 3 aromatic rings. The van der Waals surface area contributed by atoms with E-state index in [0.717, 1.165) is 32.1 Å². The second kappa shape index (κ2) is 12.9. The van der Waals surface area contributed by atoms with Gasteiger partial charge in [-0.05, 0) is 126 Å². The molecule has 4 heterocycles. The predicted octanol–water partition coefficient (Wildman–Crippen LogP) is 7.51. The van der Waals surface area contributed by atoms with Gasteiger partial charge < -0.3 is 25.0 Å². The Bertz CT molecular complexity index is 1580. The lowest BCUT2D eigenvalue weighted by atomic mass is 9.57. The van der Waals surface area contributed by atoms with Crippen LogP contribution in [0, 0.1) is 23.1 Å². The van der Waals surface area contributed by atoms with Crippen molar-refractivity contribution < 1.29 is 18.7 Å². The van der Waals surface area contributed by atoms with E-state index in [1.54, 1.807) is 12.1 Å². The van der Waals surface area contributed by atoms with Crippen LogP contribution in [0.15, 0.2) is 48.8 Å². The Morgan fingerprint density at radius 3 is 2.80 bits per heavy atom. The average Bonchev–Trinajstić information content (AvgIpc) is 3.64. The summed E-state index contributed by atoms with van der Waals surface area (Å²) < 4.78 is 26.1. The highest BCUT2D eigenvalue weighted by molar-refractivity contribution is 6.31. The van der Waals surface area contributed by atoms with Crippen LogP contribution in [0.5, 0.6) is 5.75 Å². The van der Waals surface area contributed by atoms with Gasteiger partial charge in [-0.3, -0.25) is 4.79 Å². The SMILES string of the molecule is CN1CCC2(CC1)CC(CCOc1cc3ncnc(Nc4ccc(F)c(Cl)c4)c3cc1NC(=O)/C=C/CC1CC3CCC1O3)C2. The summed E-state index contributed by atoms with van der Waals surface area (Å²) in [6.07, 6.45) is 16.1. The quantitative estimate of drug-likeness (QED) is 0.223. The molecule has 1 aliphatic carbocycles. The molecule has 3 saturated heterocycles. The number of halogens is 2. The van der Waals surface area contributed by atoms with Gasteiger partial charge in [-0.15, -0.1) is 0 Å². The molecular formula is C35H41ClFN5O3. The van der Waals surface area contributed by atoms with Crippen LogP contribution in [-0.2, 0) is 9.53 Å². The number of nitrogens with one attached hydrogen (secondary N) is 2. The molecule has 45 heavy (non-hydrogen) atoms. The van der Waals surface area contributed by atoms with E-state index in [4.69, 9.17) is 21.1 Å². The Hall–Kier alpha value is -3.27. The Balaban J connectivity index is 1.06. The minimum absolute atomic E-state index is 0.0130. The third-order valence-electron chi connectivity index (χ3n) is 10.4. The van der Waals surface area contributed by atoms with E-state index in [1.807, 2.05) is 18.2 Å². The molecular weight excluding hydrogens is 593 g/mol. The van der Waals surface area contributed by atoms with Crippen molar-refractivity contribution in [1.29, 1.82) is 0 Å². The second-order valence-corrected chi connectivity index (χ2v) is 14.0. The zero-order valence-corrected chi connectivity index (χ0v) is 26.5. The summed E-state index contributed by atoms with van der Waals surface area (Å²) in [5, 5.41) is 6.96. The van der Waals surface area contributed by atoms with Crippen LogP contribution in [0.25, 0.3) is 10.9 Å². The molecule has 0 radical (unpaired) electrons. The van der Waals surface area contributed by atoms with Gasteiger partial charge in [0, 0.05) is 17.1 Å². The fourth-order valence-electron chi connectivity index (χ4n) is 7.83. The molecule has 2 bridgehead atoms. The highest BCUT2D eigenvalue weighted by Gasteiger charge is 2.45. The third-order valence-corrected chi connectivity index (χ3v) is 10.7. The first-order chi connectivity index (χ1) is 21.8. The highest BCUT2D eigenvalue weighted by Crippen LogP contribution is 2.53. The number of carbonyl (C=O) groups is 1. The number of ether oxygens (including phenoxy) is 2. The van der Waals surface area contributed by atoms with Gasteiger partial charge in [0.05, 0.1) is 35.0 Å². The van der Waals surface area contributed by atoms with Crippen LogP contribution in [0.4, 0.5) is 21.6 Å². The number of allylic oxidation sites excluding steroid dienone is 1. The number of fused-ring (bicyclic) bond motifs is 3. The van der Waals surface area contributed by atoms with Crippen LogP contribution in [0.3, 0.4) is 0 Å².